The smallest absolute Gasteiger partial charge is 0.416 e. The van der Waals surface area contributed by atoms with Crippen molar-refractivity contribution in [2.45, 2.75) is 64.5 Å². The van der Waals surface area contributed by atoms with Crippen molar-refractivity contribution in [3.63, 3.8) is 0 Å². The standard InChI is InChI=1S/C31H34F3NO7/c1-13(2)21-24(38)20(27(35)41)25(39)30(42)26(40)22-23(37)19-17(11-28(22,3)12-29(21,30)4)16(9-10-18(19)36)14-5-7-15(8-6-14)31(32,33)34/h5-10,13,20-22,24,26,36,38,40,42H,11-12H2,1-4H3,(H2,35,41)/t20-,21+,22-,24?,26?,28-,29-,30+/m1/s1. The van der Waals surface area contributed by atoms with E-state index in [1.807, 2.05) is 0 Å². The lowest BCUT2D eigenvalue weighted by Gasteiger charge is -2.66. The Kier molecular flexibility index (Phi) is 6.73. The number of rotatable bonds is 3. The minimum Gasteiger partial charge on any atom is -0.507 e. The van der Waals surface area contributed by atoms with E-state index in [0.717, 1.165) is 12.1 Å². The molecule has 11 heteroatoms. The normalized spacial score (nSPS) is 36.3. The Balaban J connectivity index is 1.70. The summed E-state index contributed by atoms with van der Waals surface area (Å²) in [6.45, 7) is 6.76. The van der Waals surface area contributed by atoms with E-state index in [2.05, 4.69) is 0 Å². The summed E-state index contributed by atoms with van der Waals surface area (Å²) in [5.41, 5.74) is 0.349. The number of fused-ring (bicyclic) bond motifs is 3. The number of primary amides is 1. The molecule has 2 aromatic rings. The lowest BCUT2D eigenvalue weighted by Crippen LogP contribution is -2.79. The molecule has 2 aromatic carbocycles. The van der Waals surface area contributed by atoms with Crippen molar-refractivity contribution in [2.75, 3.05) is 0 Å². The van der Waals surface area contributed by atoms with Gasteiger partial charge < -0.3 is 26.2 Å². The Bertz CT molecular complexity index is 1490. The van der Waals surface area contributed by atoms with Crippen LogP contribution in [-0.4, -0.2) is 55.7 Å². The van der Waals surface area contributed by atoms with Gasteiger partial charge in [-0.25, -0.2) is 0 Å². The van der Waals surface area contributed by atoms with Gasteiger partial charge >= 0.3 is 6.18 Å². The predicted molar refractivity (Wildman–Crippen MR) is 144 cm³/mol. The number of aromatic hydroxyl groups is 1. The highest BCUT2D eigenvalue weighted by atomic mass is 19.4. The van der Waals surface area contributed by atoms with E-state index < -0.39 is 87.3 Å². The second-order valence-corrected chi connectivity index (χ2v) is 13.0. The summed E-state index contributed by atoms with van der Waals surface area (Å²) in [5.74, 6) is -7.95. The van der Waals surface area contributed by atoms with Gasteiger partial charge in [-0.05, 0) is 65.0 Å². The van der Waals surface area contributed by atoms with Crippen LogP contribution in [0.25, 0.3) is 11.1 Å². The number of aliphatic hydroxyl groups is 3. The van der Waals surface area contributed by atoms with E-state index in [4.69, 9.17) is 5.73 Å². The summed E-state index contributed by atoms with van der Waals surface area (Å²) in [7, 11) is 0. The maximum absolute atomic E-state index is 14.1. The van der Waals surface area contributed by atoms with Crippen LogP contribution in [0.3, 0.4) is 0 Å². The van der Waals surface area contributed by atoms with Crippen molar-refractivity contribution in [2.24, 2.45) is 40.2 Å². The fourth-order valence-corrected chi connectivity index (χ4v) is 8.64. The summed E-state index contributed by atoms with van der Waals surface area (Å²) < 4.78 is 39.6. The molecule has 3 aliphatic carbocycles. The highest BCUT2D eigenvalue weighted by Crippen LogP contribution is 2.66. The Morgan fingerprint density at radius 1 is 1.05 bits per heavy atom. The van der Waals surface area contributed by atoms with E-state index in [-0.39, 0.29) is 18.4 Å². The van der Waals surface area contributed by atoms with Gasteiger partial charge in [-0.3, -0.25) is 14.4 Å². The Labute approximate surface area is 240 Å². The number of aliphatic hydroxyl groups excluding tert-OH is 2. The average Bonchev–Trinajstić information content (AvgIpc) is 2.85. The van der Waals surface area contributed by atoms with Crippen LogP contribution < -0.4 is 5.73 Å². The third-order valence-corrected chi connectivity index (χ3v) is 10.2. The topological polar surface area (TPSA) is 158 Å². The number of phenols is 1. The zero-order valence-corrected chi connectivity index (χ0v) is 23.6. The number of Topliss-reactive ketones (excluding diaryl/α,β-unsaturated/α-hetero) is 2. The third kappa shape index (κ3) is 3.89. The SMILES string of the molecule is CC(C)[C@H]1C(O)[C@@H](C(N)=O)C(=O)[C@]2(O)C(O)[C@H]3C(=O)c4c(O)ccc(-c5ccc(C(F)(F)F)cc5)c4C[C@]3(C)C[C@]12C. The number of hydrogen-bond acceptors (Lipinski definition) is 7. The molecule has 42 heavy (non-hydrogen) atoms. The lowest BCUT2D eigenvalue weighted by atomic mass is 9.39. The molecule has 2 fully saturated rings. The molecule has 2 unspecified atom stereocenters. The molecule has 0 radical (unpaired) electrons. The van der Waals surface area contributed by atoms with Crippen LogP contribution >= 0.6 is 0 Å². The van der Waals surface area contributed by atoms with Crippen LogP contribution in [0.2, 0.25) is 0 Å². The highest BCUT2D eigenvalue weighted by Gasteiger charge is 2.75. The summed E-state index contributed by atoms with van der Waals surface area (Å²) in [5, 5.41) is 46.0. The number of ketones is 2. The van der Waals surface area contributed by atoms with Gasteiger partial charge in [0, 0.05) is 5.41 Å². The molecule has 0 aliphatic heterocycles. The number of benzene rings is 2. The Morgan fingerprint density at radius 2 is 1.64 bits per heavy atom. The van der Waals surface area contributed by atoms with Crippen molar-refractivity contribution in [1.82, 2.24) is 0 Å². The number of amides is 1. The maximum Gasteiger partial charge on any atom is 0.416 e. The van der Waals surface area contributed by atoms with E-state index >= 15 is 0 Å². The van der Waals surface area contributed by atoms with Crippen LogP contribution in [0.15, 0.2) is 36.4 Å². The fourth-order valence-electron chi connectivity index (χ4n) is 8.64. The van der Waals surface area contributed by atoms with Crippen LogP contribution in [0.4, 0.5) is 13.2 Å². The van der Waals surface area contributed by atoms with Gasteiger partial charge in [0.05, 0.1) is 23.1 Å². The van der Waals surface area contributed by atoms with Gasteiger partial charge in [0.1, 0.15) is 17.8 Å². The van der Waals surface area contributed by atoms with Crippen LogP contribution in [0.5, 0.6) is 5.75 Å². The molecule has 0 aromatic heterocycles. The van der Waals surface area contributed by atoms with Crippen molar-refractivity contribution in [1.29, 1.82) is 0 Å². The summed E-state index contributed by atoms with van der Waals surface area (Å²) in [4.78, 5) is 40.2. The molecular weight excluding hydrogens is 555 g/mol. The third-order valence-electron chi connectivity index (χ3n) is 10.2. The van der Waals surface area contributed by atoms with Crippen molar-refractivity contribution in [3.8, 4) is 16.9 Å². The molecule has 8 atom stereocenters. The first-order valence-corrected chi connectivity index (χ1v) is 13.8. The largest absolute Gasteiger partial charge is 0.507 e. The molecule has 2 saturated carbocycles. The highest BCUT2D eigenvalue weighted by molar-refractivity contribution is 6.09. The monoisotopic (exact) mass is 589 g/mol. The van der Waals surface area contributed by atoms with Gasteiger partial charge in [0.2, 0.25) is 5.91 Å². The molecule has 0 heterocycles. The van der Waals surface area contributed by atoms with Crippen molar-refractivity contribution < 1.29 is 48.0 Å². The summed E-state index contributed by atoms with van der Waals surface area (Å²) in [6.07, 6.45) is -8.09. The molecular formula is C31H34F3NO7. The Hall–Kier alpha value is -3.28. The van der Waals surface area contributed by atoms with Gasteiger partial charge in [-0.1, -0.05) is 45.9 Å². The molecule has 3 aliphatic rings. The molecule has 6 N–H and O–H groups in total. The molecule has 0 bridgehead atoms. The number of halogens is 3. The average molecular weight is 590 g/mol. The van der Waals surface area contributed by atoms with E-state index in [9.17, 15) is 48.0 Å². The summed E-state index contributed by atoms with van der Waals surface area (Å²) in [6, 6.07) is 7.14. The number of alkyl halides is 3. The fraction of sp³-hybridized carbons (Fsp3) is 0.516. The minimum atomic E-state index is -4.55. The molecule has 226 valence electrons. The van der Waals surface area contributed by atoms with Crippen molar-refractivity contribution >= 4 is 17.5 Å². The van der Waals surface area contributed by atoms with Crippen LogP contribution in [-0.2, 0) is 22.2 Å². The van der Waals surface area contributed by atoms with Gasteiger partial charge in [-0.15, -0.1) is 0 Å². The summed E-state index contributed by atoms with van der Waals surface area (Å²) >= 11 is 0. The second kappa shape index (κ2) is 9.36. The predicted octanol–water partition coefficient (Wildman–Crippen LogP) is 3.26. The molecule has 0 spiro atoms. The quantitative estimate of drug-likeness (QED) is 0.344. The van der Waals surface area contributed by atoms with E-state index in [0.29, 0.717) is 16.7 Å². The molecule has 1 amide bonds. The molecule has 8 nitrogen and oxygen atoms in total. The number of nitrogens with two attached hydrogens (primary N) is 1. The first-order valence-electron chi connectivity index (χ1n) is 13.8. The zero-order valence-electron chi connectivity index (χ0n) is 23.6. The number of carbonyl (C=O) groups is 3. The molecule has 0 saturated heterocycles. The Morgan fingerprint density at radius 3 is 2.17 bits per heavy atom. The van der Waals surface area contributed by atoms with Crippen LogP contribution in [0.1, 0.15) is 55.6 Å². The minimum absolute atomic E-state index is 0.0390. The zero-order chi connectivity index (χ0) is 31.3. The first-order chi connectivity index (χ1) is 19.3. The second-order valence-electron chi connectivity index (χ2n) is 13.0. The van der Waals surface area contributed by atoms with Gasteiger partial charge in [0.25, 0.3) is 0 Å². The molecule has 5 rings (SSSR count). The number of carbonyl (C=O) groups excluding carboxylic acids is 3. The van der Waals surface area contributed by atoms with Gasteiger partial charge in [-0.2, -0.15) is 13.2 Å². The van der Waals surface area contributed by atoms with Crippen molar-refractivity contribution in [3.05, 3.63) is 53.1 Å². The number of phenolic OH excluding ortho intramolecular Hbond substituents is 1. The lowest BCUT2D eigenvalue weighted by molar-refractivity contribution is -0.265. The van der Waals surface area contributed by atoms with E-state index in [1.165, 1.54) is 24.3 Å². The van der Waals surface area contributed by atoms with Crippen LogP contribution in [0, 0.1) is 34.5 Å². The number of hydrogen-bond donors (Lipinski definition) is 5. The first kappa shape index (κ1) is 30.2. The van der Waals surface area contributed by atoms with E-state index in [1.54, 1.807) is 27.7 Å². The van der Waals surface area contributed by atoms with Gasteiger partial charge in [0.15, 0.2) is 17.2 Å². The maximum atomic E-state index is 14.1.